The quantitative estimate of drug-likeness (QED) is 0.145. The zero-order valence-corrected chi connectivity index (χ0v) is 42.4. The molecule has 4 aliphatic heterocycles. The Bertz CT molecular complexity index is 2230. The fourth-order valence-electron chi connectivity index (χ4n) is 15.1. The lowest BCUT2D eigenvalue weighted by Gasteiger charge is -2.60. The van der Waals surface area contributed by atoms with Crippen LogP contribution in [0.15, 0.2) is 60.7 Å². The molecule has 8 fully saturated rings. The molecule has 0 bridgehead atoms. The van der Waals surface area contributed by atoms with Gasteiger partial charge in [-0.1, -0.05) is 88.4 Å². The van der Waals surface area contributed by atoms with Crippen LogP contribution >= 0.6 is 0 Å². The highest BCUT2D eigenvalue weighted by atomic mass is 16.8. The lowest BCUT2D eigenvalue weighted by molar-refractivity contribution is -0.363. The summed E-state index contributed by atoms with van der Waals surface area (Å²) in [6.45, 7) is 8.84. The third-order valence-electron chi connectivity index (χ3n) is 18.8. The second-order valence-electron chi connectivity index (χ2n) is 23.2. The molecule has 2 amide bonds. The SMILES string of the molecule is C[C@@H]1CC[C@@]2(OC1)OC1C[C@H]3[C@@H]4CC[C@H]5C[C@@H](O[C@@H]6O[C@H](CO)[C@@H](O[C@@H]7O[C@H](COC(=O)NCc8ccccc8)[C@@H](OC(=O)NCc8ccccc8)[C@H](O)[C@H]7O)[C@H](O)[C@H]6O)CC[C@]5(C)[C@H]4C(=O)C[C@]3(C)C1[C@@H]2C. The Hall–Kier alpha value is -3.79. The summed E-state index contributed by atoms with van der Waals surface area (Å²) in [5.41, 5.74) is 1.20. The number of carbonyl (C=O) groups is 3. The van der Waals surface area contributed by atoms with Gasteiger partial charge in [-0.05, 0) is 96.5 Å². The summed E-state index contributed by atoms with van der Waals surface area (Å²) in [6.07, 6.45) is -10.8. The Morgan fingerprint density at radius 3 is 2.04 bits per heavy atom. The zero-order chi connectivity index (χ0) is 51.4. The van der Waals surface area contributed by atoms with Gasteiger partial charge in [-0.15, -0.1) is 0 Å². The lowest BCUT2D eigenvalue weighted by atomic mass is 9.44. The summed E-state index contributed by atoms with van der Waals surface area (Å²) in [4.78, 5) is 40.5. The topological polar surface area (TPSA) is 250 Å². The number of hydrogen-bond acceptors (Lipinski definition) is 16. The molecule has 2 unspecified atom stereocenters. The number of aliphatic hydroxyl groups excluding tert-OH is 5. The lowest BCUT2D eigenvalue weighted by Crippen LogP contribution is -2.65. The van der Waals surface area contributed by atoms with Crippen LogP contribution in [0.3, 0.4) is 0 Å². The maximum Gasteiger partial charge on any atom is 0.407 e. The zero-order valence-electron chi connectivity index (χ0n) is 42.4. The maximum absolute atomic E-state index is 14.7. The highest BCUT2D eigenvalue weighted by molar-refractivity contribution is 5.84. The second kappa shape index (κ2) is 21.3. The van der Waals surface area contributed by atoms with Crippen LogP contribution in [0.25, 0.3) is 0 Å². The first-order valence-corrected chi connectivity index (χ1v) is 26.7. The van der Waals surface area contributed by atoms with Crippen LogP contribution in [0.4, 0.5) is 9.59 Å². The fourth-order valence-corrected chi connectivity index (χ4v) is 15.1. The molecule has 4 saturated heterocycles. The van der Waals surface area contributed by atoms with Gasteiger partial charge in [0.2, 0.25) is 0 Å². The van der Waals surface area contributed by atoms with Crippen molar-refractivity contribution in [1.82, 2.24) is 10.6 Å². The van der Waals surface area contributed by atoms with Crippen molar-refractivity contribution >= 4 is 18.0 Å². The molecule has 73 heavy (non-hydrogen) atoms. The summed E-state index contributed by atoms with van der Waals surface area (Å²) in [6, 6.07) is 18.1. The van der Waals surface area contributed by atoms with Crippen molar-refractivity contribution in [2.75, 3.05) is 19.8 Å². The van der Waals surface area contributed by atoms with Crippen LogP contribution in [-0.4, -0.2) is 143 Å². The van der Waals surface area contributed by atoms with E-state index < -0.39 is 92.6 Å². The van der Waals surface area contributed by atoms with Crippen molar-refractivity contribution in [3.05, 3.63) is 71.8 Å². The molecule has 2 aromatic rings. The van der Waals surface area contributed by atoms with Crippen molar-refractivity contribution in [3.63, 3.8) is 0 Å². The van der Waals surface area contributed by atoms with E-state index in [9.17, 15) is 39.9 Å². The standard InChI is InChI=1S/C55H76N2O16/c1-29-17-20-55(67-27-29)30(2)41-38(73-55)22-36-35-16-15-33-21-34(18-19-53(33,3)42(35)37(59)23-54(36,41)4)68-49-45(62)43(60)47(39(26-58)69-49)71-50-46(63)44(61)48(72-52(65)57-25-32-13-9-6-10-14-32)40(70-50)28-66-51(64)56-24-31-11-7-5-8-12-31/h5-14,29-30,33-36,38-50,58,60-63H,15-28H2,1-4H3,(H,56,64)(H,57,65)/t29-,30+,33+,34+,35+,36+,38?,39-,40-,41?,42-,43-,44-,45-,46-,47-,48-,49-,50+,53+,54+,55-/m1/s1. The molecular weight excluding hydrogens is 945 g/mol. The van der Waals surface area contributed by atoms with Gasteiger partial charge in [0.05, 0.1) is 25.4 Å². The van der Waals surface area contributed by atoms with Gasteiger partial charge in [0.1, 0.15) is 55.1 Å². The minimum atomic E-state index is -1.90. The number of rotatable bonds is 12. The van der Waals surface area contributed by atoms with Crippen LogP contribution in [0.5, 0.6) is 0 Å². The molecule has 402 valence electrons. The van der Waals surface area contributed by atoms with Crippen LogP contribution in [0, 0.1) is 52.3 Å². The molecule has 18 nitrogen and oxygen atoms in total. The number of fused-ring (bicyclic) bond motifs is 7. The van der Waals surface area contributed by atoms with Gasteiger partial charge < -0.3 is 74.1 Å². The Balaban J connectivity index is 0.762. The summed E-state index contributed by atoms with van der Waals surface area (Å²) in [7, 11) is 0. The average Bonchev–Trinajstić information content (AvgIpc) is 3.83. The second-order valence-corrected chi connectivity index (χ2v) is 23.2. The number of alkyl carbamates (subject to hydrolysis) is 2. The number of benzene rings is 2. The van der Waals surface area contributed by atoms with Crippen molar-refractivity contribution in [3.8, 4) is 0 Å². The largest absolute Gasteiger partial charge is 0.447 e. The van der Waals surface area contributed by atoms with Crippen molar-refractivity contribution in [1.29, 1.82) is 0 Å². The summed E-state index contributed by atoms with van der Waals surface area (Å²) < 4.78 is 49.1. The molecule has 22 atom stereocenters. The minimum Gasteiger partial charge on any atom is -0.447 e. The molecule has 10 rings (SSSR count). The number of aliphatic hydroxyl groups is 5. The smallest absolute Gasteiger partial charge is 0.407 e. The van der Waals surface area contributed by atoms with E-state index in [1.165, 1.54) is 0 Å². The molecule has 2 aromatic carbocycles. The Morgan fingerprint density at radius 2 is 1.38 bits per heavy atom. The first-order valence-electron chi connectivity index (χ1n) is 26.7. The maximum atomic E-state index is 14.7. The van der Waals surface area contributed by atoms with Gasteiger partial charge in [-0.25, -0.2) is 9.59 Å². The Morgan fingerprint density at radius 1 is 0.740 bits per heavy atom. The predicted octanol–water partition coefficient (Wildman–Crippen LogP) is 4.49. The van der Waals surface area contributed by atoms with E-state index in [4.69, 9.17) is 37.9 Å². The molecular formula is C55H76N2O16. The van der Waals surface area contributed by atoms with Gasteiger partial charge in [-0.2, -0.15) is 0 Å². The highest BCUT2D eigenvalue weighted by Crippen LogP contribution is 2.70. The van der Waals surface area contributed by atoms with E-state index in [-0.39, 0.29) is 65.7 Å². The molecule has 8 aliphatic rings. The van der Waals surface area contributed by atoms with Crippen LogP contribution < -0.4 is 10.6 Å². The molecule has 1 spiro atoms. The van der Waals surface area contributed by atoms with Crippen LogP contribution in [0.2, 0.25) is 0 Å². The van der Waals surface area contributed by atoms with E-state index in [2.05, 4.69) is 38.3 Å². The third kappa shape index (κ3) is 10.1. The molecule has 0 aromatic heterocycles. The van der Waals surface area contributed by atoms with Crippen molar-refractivity contribution < 1.29 is 77.8 Å². The van der Waals surface area contributed by atoms with Gasteiger partial charge in [0.15, 0.2) is 24.5 Å². The Kier molecular flexibility index (Phi) is 15.4. The first kappa shape index (κ1) is 52.6. The van der Waals surface area contributed by atoms with Gasteiger partial charge in [0.25, 0.3) is 0 Å². The molecule has 4 saturated carbocycles. The number of hydrogen-bond donors (Lipinski definition) is 7. The molecule has 18 heteroatoms. The number of ketones is 1. The molecule has 4 aliphatic carbocycles. The highest BCUT2D eigenvalue weighted by Gasteiger charge is 2.71. The summed E-state index contributed by atoms with van der Waals surface area (Å²) in [5, 5.41) is 61.8. The summed E-state index contributed by atoms with van der Waals surface area (Å²) >= 11 is 0. The van der Waals surface area contributed by atoms with Gasteiger partial charge >= 0.3 is 12.2 Å². The third-order valence-corrected chi connectivity index (χ3v) is 18.8. The Labute approximate surface area is 427 Å². The number of Topliss-reactive ketones (excluding diaryl/α,β-unsaturated/α-hetero) is 1. The number of ether oxygens (including phenoxy) is 8. The molecule has 4 heterocycles. The van der Waals surface area contributed by atoms with Crippen molar-refractivity contribution in [2.24, 2.45) is 52.3 Å². The average molecular weight is 1020 g/mol. The first-order chi connectivity index (χ1) is 35.0. The van der Waals surface area contributed by atoms with Crippen LogP contribution in [0.1, 0.15) is 96.6 Å². The number of amides is 2. The van der Waals surface area contributed by atoms with E-state index in [1.54, 1.807) is 24.3 Å². The van der Waals surface area contributed by atoms with E-state index in [0.29, 0.717) is 43.5 Å². The molecule has 0 radical (unpaired) electrons. The normalized spacial score (nSPS) is 45.1. The predicted molar refractivity (Wildman–Crippen MR) is 258 cm³/mol. The minimum absolute atomic E-state index is 0.0624. The monoisotopic (exact) mass is 1020 g/mol. The fraction of sp³-hybridized carbons (Fsp3) is 0.727. The van der Waals surface area contributed by atoms with E-state index in [1.807, 2.05) is 36.4 Å². The van der Waals surface area contributed by atoms with E-state index >= 15 is 0 Å². The van der Waals surface area contributed by atoms with Crippen LogP contribution in [-0.2, 0) is 55.8 Å². The number of carbonyl (C=O) groups excluding carboxylic acids is 3. The van der Waals surface area contributed by atoms with Gasteiger partial charge in [-0.3, -0.25) is 4.79 Å². The summed E-state index contributed by atoms with van der Waals surface area (Å²) in [5.74, 6) is 1.62. The number of nitrogens with one attached hydrogen (secondary N) is 2. The molecule has 7 N–H and O–H groups in total. The van der Waals surface area contributed by atoms with Crippen molar-refractivity contribution in [2.45, 2.75) is 178 Å². The van der Waals surface area contributed by atoms with Gasteiger partial charge in [0, 0.05) is 37.8 Å². The van der Waals surface area contributed by atoms with E-state index in [0.717, 1.165) is 49.7 Å².